The molecule has 0 saturated carbocycles. The highest BCUT2D eigenvalue weighted by molar-refractivity contribution is 7.98. The van der Waals surface area contributed by atoms with Crippen molar-refractivity contribution in [3.63, 3.8) is 0 Å². The lowest BCUT2D eigenvalue weighted by Crippen LogP contribution is -1.87. The summed E-state index contributed by atoms with van der Waals surface area (Å²) in [5.74, 6) is 0.881. The Kier molecular flexibility index (Phi) is 3.28. The fourth-order valence-electron chi connectivity index (χ4n) is 2.73. The lowest BCUT2D eigenvalue weighted by atomic mass is 10.2. The summed E-state index contributed by atoms with van der Waals surface area (Å²) in [6.07, 6.45) is 0. The summed E-state index contributed by atoms with van der Waals surface area (Å²) in [7, 11) is 1.69. The number of fused-ring (bicyclic) bond motifs is 3. The van der Waals surface area contributed by atoms with Crippen LogP contribution in [-0.2, 0) is 0 Å². The first-order valence-electron chi connectivity index (χ1n) is 7.17. The molecule has 0 unspecified atom stereocenters. The van der Waals surface area contributed by atoms with Gasteiger partial charge in [-0.25, -0.2) is 0 Å². The molecular weight excluding hydrogens is 290 g/mol. The van der Waals surface area contributed by atoms with Gasteiger partial charge in [0.15, 0.2) is 0 Å². The van der Waals surface area contributed by atoms with E-state index >= 15 is 0 Å². The minimum Gasteiger partial charge on any atom is -0.497 e. The molecule has 1 aromatic heterocycles. The second kappa shape index (κ2) is 5.43. The minimum absolute atomic E-state index is 0.881. The van der Waals surface area contributed by atoms with Crippen molar-refractivity contribution in [3.8, 4) is 5.75 Å². The molecule has 0 aliphatic rings. The molecule has 0 spiro atoms. The smallest absolute Gasteiger partial charge is 0.118 e. The van der Waals surface area contributed by atoms with Gasteiger partial charge in [-0.3, -0.25) is 3.97 Å². The van der Waals surface area contributed by atoms with E-state index in [4.69, 9.17) is 4.74 Å². The van der Waals surface area contributed by atoms with E-state index < -0.39 is 0 Å². The zero-order valence-corrected chi connectivity index (χ0v) is 13.0. The zero-order chi connectivity index (χ0) is 14.9. The maximum Gasteiger partial charge on any atom is 0.118 e. The Balaban J connectivity index is 1.88. The third-order valence-corrected chi connectivity index (χ3v) is 4.85. The van der Waals surface area contributed by atoms with Crippen LogP contribution >= 0.6 is 11.9 Å². The van der Waals surface area contributed by atoms with Crippen molar-refractivity contribution >= 4 is 33.8 Å². The predicted octanol–water partition coefficient (Wildman–Crippen LogP) is 5.36. The first-order valence-corrected chi connectivity index (χ1v) is 7.95. The number of rotatable bonds is 3. The van der Waals surface area contributed by atoms with Gasteiger partial charge >= 0.3 is 0 Å². The van der Waals surface area contributed by atoms with E-state index in [0.717, 1.165) is 5.75 Å². The van der Waals surface area contributed by atoms with Gasteiger partial charge in [0.05, 0.1) is 18.1 Å². The third-order valence-electron chi connectivity index (χ3n) is 3.79. The van der Waals surface area contributed by atoms with E-state index in [1.807, 2.05) is 12.1 Å². The van der Waals surface area contributed by atoms with E-state index in [1.165, 1.54) is 26.7 Å². The summed E-state index contributed by atoms with van der Waals surface area (Å²) in [6.45, 7) is 0. The van der Waals surface area contributed by atoms with Crippen molar-refractivity contribution < 1.29 is 4.74 Å². The molecule has 0 bridgehead atoms. The maximum atomic E-state index is 5.23. The fourth-order valence-corrected chi connectivity index (χ4v) is 3.71. The highest BCUT2D eigenvalue weighted by Crippen LogP contribution is 2.35. The van der Waals surface area contributed by atoms with Gasteiger partial charge in [0.2, 0.25) is 0 Å². The number of methoxy groups -OCH3 is 1. The van der Waals surface area contributed by atoms with Gasteiger partial charge in [-0.1, -0.05) is 36.4 Å². The van der Waals surface area contributed by atoms with Crippen LogP contribution < -0.4 is 4.74 Å². The van der Waals surface area contributed by atoms with Crippen molar-refractivity contribution in [2.24, 2.45) is 0 Å². The summed E-state index contributed by atoms with van der Waals surface area (Å²) in [5, 5.41) is 2.58. The van der Waals surface area contributed by atoms with E-state index in [2.05, 4.69) is 64.6 Å². The molecule has 0 fully saturated rings. The maximum absolute atomic E-state index is 5.23. The van der Waals surface area contributed by atoms with Crippen molar-refractivity contribution in [3.05, 3.63) is 72.8 Å². The first kappa shape index (κ1) is 13.3. The summed E-state index contributed by atoms with van der Waals surface area (Å²) in [4.78, 5) is 1.19. The number of hydrogen-bond acceptors (Lipinski definition) is 2. The SMILES string of the molecule is COc1ccc(Sn2c3ccccc3c3ccccc32)cc1. The summed E-state index contributed by atoms with van der Waals surface area (Å²) < 4.78 is 7.53. The number of ether oxygens (including phenoxy) is 1. The molecule has 4 aromatic rings. The Morgan fingerprint density at radius 3 is 1.82 bits per heavy atom. The normalized spacial score (nSPS) is 11.1. The van der Waals surface area contributed by atoms with Crippen molar-refractivity contribution in [1.82, 2.24) is 3.97 Å². The van der Waals surface area contributed by atoms with E-state index in [1.54, 1.807) is 19.1 Å². The number of aromatic nitrogens is 1. The van der Waals surface area contributed by atoms with Gasteiger partial charge in [-0.15, -0.1) is 0 Å². The van der Waals surface area contributed by atoms with Crippen LogP contribution in [0.4, 0.5) is 0 Å². The van der Waals surface area contributed by atoms with Gasteiger partial charge < -0.3 is 4.74 Å². The molecule has 0 N–H and O–H groups in total. The Morgan fingerprint density at radius 2 is 1.27 bits per heavy atom. The second-order valence-electron chi connectivity index (χ2n) is 5.10. The molecule has 4 rings (SSSR count). The van der Waals surface area contributed by atoms with E-state index in [9.17, 15) is 0 Å². The minimum atomic E-state index is 0.881. The van der Waals surface area contributed by atoms with Gasteiger partial charge in [0.25, 0.3) is 0 Å². The molecule has 0 radical (unpaired) electrons. The van der Waals surface area contributed by atoms with Crippen LogP contribution in [0, 0.1) is 0 Å². The first-order chi connectivity index (χ1) is 10.9. The molecule has 3 aromatic carbocycles. The number of nitrogens with zero attached hydrogens (tertiary/aromatic N) is 1. The average Bonchev–Trinajstić information content (AvgIpc) is 2.90. The predicted molar refractivity (Wildman–Crippen MR) is 93.7 cm³/mol. The molecule has 0 aliphatic heterocycles. The van der Waals surface area contributed by atoms with Gasteiger partial charge in [0.1, 0.15) is 5.75 Å². The number of benzene rings is 3. The van der Waals surface area contributed by atoms with Crippen molar-refractivity contribution in [1.29, 1.82) is 0 Å². The molecule has 0 saturated heterocycles. The number of hydrogen-bond donors (Lipinski definition) is 0. The van der Waals surface area contributed by atoms with Gasteiger partial charge in [-0.2, -0.15) is 0 Å². The lowest BCUT2D eigenvalue weighted by Gasteiger charge is -2.07. The van der Waals surface area contributed by atoms with Crippen LogP contribution in [0.15, 0.2) is 77.7 Å². The second-order valence-corrected chi connectivity index (χ2v) is 6.11. The summed E-state index contributed by atoms with van der Waals surface area (Å²) in [5.41, 5.74) is 2.48. The Hall–Kier alpha value is -2.39. The van der Waals surface area contributed by atoms with E-state index in [-0.39, 0.29) is 0 Å². The molecule has 3 heteroatoms. The summed E-state index contributed by atoms with van der Waals surface area (Å²) in [6, 6.07) is 25.3. The molecule has 108 valence electrons. The monoisotopic (exact) mass is 305 g/mol. The van der Waals surface area contributed by atoms with Crippen LogP contribution in [0.2, 0.25) is 0 Å². The molecule has 1 heterocycles. The Morgan fingerprint density at radius 1 is 0.727 bits per heavy atom. The largest absolute Gasteiger partial charge is 0.497 e. The molecule has 0 atom stereocenters. The molecule has 0 amide bonds. The van der Waals surface area contributed by atoms with Crippen LogP contribution in [0.25, 0.3) is 21.8 Å². The highest BCUT2D eigenvalue weighted by Gasteiger charge is 2.10. The van der Waals surface area contributed by atoms with Gasteiger partial charge in [0, 0.05) is 15.7 Å². The van der Waals surface area contributed by atoms with E-state index in [0.29, 0.717) is 0 Å². The molecular formula is C19H15NOS. The topological polar surface area (TPSA) is 14.2 Å². The van der Waals surface area contributed by atoms with Crippen LogP contribution in [-0.4, -0.2) is 11.1 Å². The molecule has 0 aliphatic carbocycles. The number of para-hydroxylation sites is 2. The molecule has 22 heavy (non-hydrogen) atoms. The fraction of sp³-hybridized carbons (Fsp3) is 0.0526. The third kappa shape index (κ3) is 2.14. The summed E-state index contributed by atoms with van der Waals surface area (Å²) >= 11 is 1.73. The van der Waals surface area contributed by atoms with Crippen LogP contribution in [0.3, 0.4) is 0 Å². The lowest BCUT2D eigenvalue weighted by molar-refractivity contribution is 0.414. The Labute approximate surface area is 133 Å². The zero-order valence-electron chi connectivity index (χ0n) is 12.2. The van der Waals surface area contributed by atoms with Crippen LogP contribution in [0.5, 0.6) is 5.75 Å². The highest BCUT2D eigenvalue weighted by atomic mass is 32.2. The van der Waals surface area contributed by atoms with Crippen molar-refractivity contribution in [2.75, 3.05) is 7.11 Å². The molecule has 2 nitrogen and oxygen atoms in total. The average molecular weight is 305 g/mol. The Bertz CT molecular complexity index is 887. The standard InChI is InChI=1S/C19H15NOS/c1-21-14-10-12-15(13-11-14)22-20-18-8-4-2-6-16(18)17-7-3-5-9-19(17)20/h2-13H,1H3. The van der Waals surface area contributed by atoms with Crippen molar-refractivity contribution in [2.45, 2.75) is 4.90 Å². The quantitative estimate of drug-likeness (QED) is 0.506. The van der Waals surface area contributed by atoms with Crippen LogP contribution in [0.1, 0.15) is 0 Å². The van der Waals surface area contributed by atoms with Gasteiger partial charge in [-0.05, 0) is 48.3 Å².